The van der Waals surface area contributed by atoms with Crippen molar-refractivity contribution >= 4 is 5.97 Å². The third-order valence-corrected chi connectivity index (χ3v) is 0.894. The van der Waals surface area contributed by atoms with E-state index in [4.69, 9.17) is 0 Å². The highest BCUT2D eigenvalue weighted by Gasteiger charge is 2.29. The highest BCUT2D eigenvalue weighted by molar-refractivity contribution is 5.78. The van der Waals surface area contributed by atoms with Gasteiger partial charge in [-0.3, -0.25) is 4.79 Å². The normalized spacial score (nSPS) is 26.7. The number of hydrogen-bond acceptors (Lipinski definition) is 3. The van der Waals surface area contributed by atoms with Gasteiger partial charge in [-0.1, -0.05) is 0 Å². The second-order valence-corrected chi connectivity index (χ2v) is 1.48. The molecule has 0 aromatic carbocycles. The van der Waals surface area contributed by atoms with Crippen LogP contribution in [0.4, 0.5) is 0 Å². The van der Waals surface area contributed by atoms with E-state index >= 15 is 0 Å². The second-order valence-electron chi connectivity index (χ2n) is 1.48. The molecule has 0 aliphatic carbocycles. The van der Waals surface area contributed by atoms with E-state index < -0.39 is 0 Å². The van der Waals surface area contributed by atoms with Gasteiger partial charge in [-0.2, -0.15) is 0 Å². The standard InChI is InChI=1S/C4H7NO2/c1-7-4(6)3-2-5-3/h3,5H,2H2,1H3/t3-/m0/s1. The Bertz CT molecular complexity index is 87.7. The molecule has 1 N–H and O–H groups in total. The lowest BCUT2D eigenvalue weighted by Gasteiger charge is -1.88. The first-order valence-electron chi connectivity index (χ1n) is 2.16. The summed E-state index contributed by atoms with van der Waals surface area (Å²) >= 11 is 0. The SMILES string of the molecule is COC(=O)[C@@H]1CN1. The first-order valence-corrected chi connectivity index (χ1v) is 2.16. The third kappa shape index (κ3) is 0.899. The number of carbonyl (C=O) groups excluding carboxylic acids is 1. The molecule has 1 rings (SSSR count). The summed E-state index contributed by atoms with van der Waals surface area (Å²) < 4.78 is 4.37. The lowest BCUT2D eigenvalue weighted by atomic mass is 10.5. The maximum absolute atomic E-state index is 10.3. The van der Waals surface area contributed by atoms with Gasteiger partial charge in [0.2, 0.25) is 0 Å². The average Bonchev–Trinajstić information content (AvgIpc) is 2.44. The van der Waals surface area contributed by atoms with E-state index in [2.05, 4.69) is 10.1 Å². The predicted octanol–water partition coefficient (Wildman–Crippen LogP) is -0.869. The summed E-state index contributed by atoms with van der Waals surface area (Å²) in [5.41, 5.74) is 0. The van der Waals surface area contributed by atoms with Crippen molar-refractivity contribution in [1.82, 2.24) is 5.32 Å². The van der Waals surface area contributed by atoms with Crippen molar-refractivity contribution in [3.63, 3.8) is 0 Å². The Labute approximate surface area is 41.7 Å². The zero-order chi connectivity index (χ0) is 5.28. The van der Waals surface area contributed by atoms with Crippen molar-refractivity contribution in [2.24, 2.45) is 0 Å². The summed E-state index contributed by atoms with van der Waals surface area (Å²) in [6.07, 6.45) is 0. The summed E-state index contributed by atoms with van der Waals surface area (Å²) in [7, 11) is 1.39. The minimum absolute atomic E-state index is 0.00463. The zero-order valence-electron chi connectivity index (χ0n) is 4.10. The third-order valence-electron chi connectivity index (χ3n) is 0.894. The molecule has 7 heavy (non-hydrogen) atoms. The predicted molar refractivity (Wildman–Crippen MR) is 23.8 cm³/mol. The molecule has 1 atom stereocenters. The Morgan fingerprint density at radius 2 is 2.57 bits per heavy atom. The van der Waals surface area contributed by atoms with E-state index in [0.29, 0.717) is 0 Å². The maximum Gasteiger partial charge on any atom is 0.324 e. The van der Waals surface area contributed by atoms with Crippen molar-refractivity contribution in [2.45, 2.75) is 6.04 Å². The van der Waals surface area contributed by atoms with Gasteiger partial charge >= 0.3 is 5.97 Å². The molecular formula is C4H7NO2. The van der Waals surface area contributed by atoms with Gasteiger partial charge in [-0.15, -0.1) is 0 Å². The average molecular weight is 101 g/mol. The fourth-order valence-corrected chi connectivity index (χ4v) is 0.368. The van der Waals surface area contributed by atoms with Gasteiger partial charge < -0.3 is 10.1 Å². The Morgan fingerprint density at radius 1 is 2.00 bits per heavy atom. The smallest absolute Gasteiger partial charge is 0.324 e. The zero-order valence-corrected chi connectivity index (χ0v) is 4.10. The van der Waals surface area contributed by atoms with Gasteiger partial charge in [0.1, 0.15) is 6.04 Å². The topological polar surface area (TPSA) is 48.2 Å². The molecule has 1 aliphatic rings. The van der Waals surface area contributed by atoms with E-state index in [0.717, 1.165) is 6.54 Å². The molecule has 40 valence electrons. The van der Waals surface area contributed by atoms with Crippen LogP contribution >= 0.6 is 0 Å². The van der Waals surface area contributed by atoms with Crippen LogP contribution in [0.5, 0.6) is 0 Å². The van der Waals surface area contributed by atoms with Crippen LogP contribution in [0.3, 0.4) is 0 Å². The fourth-order valence-electron chi connectivity index (χ4n) is 0.368. The summed E-state index contributed by atoms with van der Waals surface area (Å²) in [5.74, 6) is -0.153. The molecule has 0 aromatic heterocycles. The van der Waals surface area contributed by atoms with Crippen molar-refractivity contribution in [3.05, 3.63) is 0 Å². The lowest BCUT2D eigenvalue weighted by Crippen LogP contribution is -2.10. The van der Waals surface area contributed by atoms with Crippen LogP contribution in [-0.2, 0) is 9.53 Å². The highest BCUT2D eigenvalue weighted by atomic mass is 16.5. The van der Waals surface area contributed by atoms with Gasteiger partial charge in [-0.05, 0) is 0 Å². The molecule has 1 aliphatic heterocycles. The molecule has 0 amide bonds. The Morgan fingerprint density at radius 3 is 2.71 bits per heavy atom. The number of ether oxygens (including phenoxy) is 1. The summed E-state index contributed by atoms with van der Waals surface area (Å²) in [4.78, 5) is 10.3. The Hall–Kier alpha value is -0.570. The molecule has 3 nitrogen and oxygen atoms in total. The number of methoxy groups -OCH3 is 1. The molecule has 1 saturated heterocycles. The lowest BCUT2D eigenvalue weighted by molar-refractivity contribution is -0.139. The van der Waals surface area contributed by atoms with E-state index in [1.165, 1.54) is 7.11 Å². The van der Waals surface area contributed by atoms with Crippen LogP contribution < -0.4 is 5.32 Å². The molecule has 3 heteroatoms. The van der Waals surface area contributed by atoms with Crippen molar-refractivity contribution in [1.29, 1.82) is 0 Å². The van der Waals surface area contributed by atoms with E-state index in [1.807, 2.05) is 0 Å². The van der Waals surface area contributed by atoms with Crippen molar-refractivity contribution in [3.8, 4) is 0 Å². The van der Waals surface area contributed by atoms with Gasteiger partial charge in [0, 0.05) is 6.54 Å². The first kappa shape index (κ1) is 4.59. The molecule has 0 unspecified atom stereocenters. The van der Waals surface area contributed by atoms with Crippen LogP contribution in [0.1, 0.15) is 0 Å². The van der Waals surface area contributed by atoms with E-state index in [1.54, 1.807) is 0 Å². The number of rotatable bonds is 1. The van der Waals surface area contributed by atoms with Gasteiger partial charge in [0.25, 0.3) is 0 Å². The molecule has 0 spiro atoms. The van der Waals surface area contributed by atoms with E-state index in [9.17, 15) is 4.79 Å². The summed E-state index contributed by atoms with van der Waals surface area (Å²) in [5, 5.41) is 2.81. The molecule has 1 heterocycles. The van der Waals surface area contributed by atoms with Gasteiger partial charge in [-0.25, -0.2) is 0 Å². The van der Waals surface area contributed by atoms with Gasteiger partial charge in [0.05, 0.1) is 7.11 Å². The highest BCUT2D eigenvalue weighted by Crippen LogP contribution is 1.96. The van der Waals surface area contributed by atoms with Crippen molar-refractivity contribution < 1.29 is 9.53 Å². The molecule has 0 saturated carbocycles. The monoisotopic (exact) mass is 101 g/mol. The van der Waals surface area contributed by atoms with Crippen LogP contribution in [0.15, 0.2) is 0 Å². The van der Waals surface area contributed by atoms with E-state index in [-0.39, 0.29) is 12.0 Å². The second kappa shape index (κ2) is 1.50. The molecule has 0 radical (unpaired) electrons. The molecular weight excluding hydrogens is 94.0 g/mol. The van der Waals surface area contributed by atoms with Crippen molar-refractivity contribution in [2.75, 3.05) is 13.7 Å². The minimum atomic E-state index is -0.153. The number of nitrogens with one attached hydrogen (secondary N) is 1. The molecule has 0 bridgehead atoms. The first-order chi connectivity index (χ1) is 3.34. The quantitative estimate of drug-likeness (QED) is 0.345. The minimum Gasteiger partial charge on any atom is -0.468 e. The molecule has 1 fully saturated rings. The maximum atomic E-state index is 10.3. The summed E-state index contributed by atoms with van der Waals surface area (Å²) in [6, 6.07) is 0.00463. The Kier molecular flexibility index (Phi) is 0.982. The van der Waals surface area contributed by atoms with Gasteiger partial charge in [0.15, 0.2) is 0 Å². The van der Waals surface area contributed by atoms with Crippen LogP contribution in [0.25, 0.3) is 0 Å². The van der Waals surface area contributed by atoms with Crippen LogP contribution in [-0.4, -0.2) is 25.7 Å². The number of carbonyl (C=O) groups is 1. The Balaban J connectivity index is 2.24. The number of hydrogen-bond donors (Lipinski definition) is 1. The largest absolute Gasteiger partial charge is 0.468 e. The number of esters is 1. The fraction of sp³-hybridized carbons (Fsp3) is 0.750. The summed E-state index contributed by atoms with van der Waals surface area (Å²) in [6.45, 7) is 0.784. The van der Waals surface area contributed by atoms with Crippen LogP contribution in [0, 0.1) is 0 Å². The van der Waals surface area contributed by atoms with Crippen LogP contribution in [0.2, 0.25) is 0 Å². The molecule has 0 aromatic rings.